The van der Waals surface area contributed by atoms with Gasteiger partial charge in [-0.3, -0.25) is 6.08 Å². The Morgan fingerprint density at radius 1 is 0.684 bits per heavy atom. The Morgan fingerprint density at radius 3 is 1.53 bits per heavy atom. The minimum atomic E-state index is 0. The van der Waals surface area contributed by atoms with Crippen molar-refractivity contribution in [2.24, 2.45) is 5.92 Å². The Labute approximate surface area is 255 Å². The summed E-state index contributed by atoms with van der Waals surface area (Å²) in [6.07, 6.45) is 10.1. The molecule has 38 heavy (non-hydrogen) atoms. The first-order valence-corrected chi connectivity index (χ1v) is 14.0. The molecule has 1 atom stereocenters. The molecule has 6 rings (SSSR count). The first-order chi connectivity index (χ1) is 17.7. The van der Waals surface area contributed by atoms with E-state index in [1.165, 1.54) is 72.1 Å². The molecule has 0 heterocycles. The summed E-state index contributed by atoms with van der Waals surface area (Å²) in [6, 6.07) is 40.4. The number of rotatable bonds is 4. The third kappa shape index (κ3) is 8.54. The topological polar surface area (TPSA) is 0 Å². The number of fused-ring (bicyclic) bond motifs is 3. The van der Waals surface area contributed by atoms with E-state index in [9.17, 15) is 0 Å². The van der Waals surface area contributed by atoms with Crippen LogP contribution in [0.2, 0.25) is 0 Å². The van der Waals surface area contributed by atoms with Crippen LogP contribution in [0.3, 0.4) is 0 Å². The molecular formula is C35H32Cl2Zr-2. The van der Waals surface area contributed by atoms with Gasteiger partial charge in [0.25, 0.3) is 0 Å². The fraction of sp³-hybridized carbons (Fsp3) is 0.143. The predicted molar refractivity (Wildman–Crippen MR) is 153 cm³/mol. The van der Waals surface area contributed by atoms with Crippen LogP contribution >= 0.6 is 0 Å². The second kappa shape index (κ2) is 16.5. The summed E-state index contributed by atoms with van der Waals surface area (Å²) < 4.78 is 1.42. The molecule has 5 aromatic carbocycles. The van der Waals surface area contributed by atoms with Gasteiger partial charge in [-0.05, 0) is 0 Å². The van der Waals surface area contributed by atoms with Crippen LogP contribution in [0.25, 0.3) is 21.5 Å². The van der Waals surface area contributed by atoms with Gasteiger partial charge in [-0.2, -0.15) is 6.08 Å². The van der Waals surface area contributed by atoms with Crippen LogP contribution < -0.4 is 24.8 Å². The molecule has 1 aliphatic carbocycles. The molecule has 0 aliphatic heterocycles. The zero-order valence-electron chi connectivity index (χ0n) is 21.9. The van der Waals surface area contributed by atoms with Gasteiger partial charge in [0.05, 0.1) is 0 Å². The Bertz CT molecular complexity index is 1370. The normalized spacial score (nSPS) is 13.3. The van der Waals surface area contributed by atoms with E-state index >= 15 is 0 Å². The van der Waals surface area contributed by atoms with Crippen LogP contribution in [0.5, 0.6) is 0 Å². The van der Waals surface area contributed by atoms with Gasteiger partial charge in [0.15, 0.2) is 0 Å². The smallest absolute Gasteiger partial charge is 0.0771 e. The zero-order valence-corrected chi connectivity index (χ0v) is 25.8. The Balaban J connectivity index is 0.000000200. The van der Waals surface area contributed by atoms with E-state index in [4.69, 9.17) is 0 Å². The third-order valence-electron chi connectivity index (χ3n) is 6.37. The second-order valence-corrected chi connectivity index (χ2v) is 10.1. The number of hydrogen-bond donors (Lipinski definition) is 0. The van der Waals surface area contributed by atoms with E-state index in [1.54, 1.807) is 0 Å². The van der Waals surface area contributed by atoms with Crippen LogP contribution in [0.1, 0.15) is 37.8 Å². The molecule has 0 bridgehead atoms. The van der Waals surface area contributed by atoms with Crippen molar-refractivity contribution in [3.63, 3.8) is 0 Å². The quantitative estimate of drug-likeness (QED) is 0.273. The minimum Gasteiger partial charge on any atom is -0.126 e. The molecule has 0 radical (unpaired) electrons. The molecule has 0 N–H and O–H groups in total. The average molecular weight is 615 g/mol. The van der Waals surface area contributed by atoms with E-state index < -0.39 is 0 Å². The van der Waals surface area contributed by atoms with Crippen molar-refractivity contribution in [1.29, 1.82) is 0 Å². The van der Waals surface area contributed by atoms with Crippen LogP contribution in [0.4, 0.5) is 0 Å². The molecule has 192 valence electrons. The fourth-order valence-corrected chi connectivity index (χ4v) is 5.12. The van der Waals surface area contributed by atoms with E-state index in [2.05, 4.69) is 147 Å². The summed E-state index contributed by atoms with van der Waals surface area (Å²) in [5, 5.41) is 5.39. The molecule has 0 amide bonds. The molecule has 0 saturated heterocycles. The standard InChI is InChI=1S/C13H9.C13H10.C9H13.2ClH.Zr/c1-3-7-12-10(5-1)9-11-6-2-4-8-13(11)12;1-3-7-12(8-4-1)11-13-9-5-2-6-10-13;1-3-8-5-6-9(4-2)7-8;;;/h1-9H;1-10H;5-6,8H,3-4H2,1-2H3;2*1H;/q-1;;-1;;;+2/p-2. The van der Waals surface area contributed by atoms with Crippen LogP contribution in [0.15, 0.2) is 133 Å². The van der Waals surface area contributed by atoms with Crippen molar-refractivity contribution >= 4 is 24.8 Å². The predicted octanol–water partition coefficient (Wildman–Crippen LogP) is 3.24. The largest absolute Gasteiger partial charge is 0.126 e. The van der Waals surface area contributed by atoms with E-state index in [-0.39, 0.29) is 24.8 Å². The summed E-state index contributed by atoms with van der Waals surface area (Å²) in [4.78, 5) is 0. The summed E-state index contributed by atoms with van der Waals surface area (Å²) in [7, 11) is 0. The van der Waals surface area contributed by atoms with Gasteiger partial charge >= 0.3 is 99.2 Å². The first kappa shape index (κ1) is 31.8. The van der Waals surface area contributed by atoms with Crippen molar-refractivity contribution in [3.8, 4) is 0 Å². The Kier molecular flexibility index (Phi) is 13.8. The van der Waals surface area contributed by atoms with Crippen LogP contribution in [-0.2, 0) is 24.2 Å². The van der Waals surface area contributed by atoms with Crippen molar-refractivity contribution in [3.05, 3.63) is 150 Å². The van der Waals surface area contributed by atoms with Gasteiger partial charge in [0, 0.05) is 0 Å². The summed E-state index contributed by atoms with van der Waals surface area (Å²) in [5.41, 5.74) is 4.04. The average Bonchev–Trinajstić information content (AvgIpc) is 3.59. The number of allylic oxidation sites excluding steroid dienone is 4. The van der Waals surface area contributed by atoms with Crippen molar-refractivity contribution < 1.29 is 49.0 Å². The summed E-state index contributed by atoms with van der Waals surface area (Å²) in [6.45, 7) is 4.37. The van der Waals surface area contributed by atoms with Gasteiger partial charge in [-0.25, -0.2) is 11.6 Å². The van der Waals surface area contributed by atoms with Gasteiger partial charge in [-0.15, -0.1) is 39.7 Å². The first-order valence-electron chi connectivity index (χ1n) is 12.7. The van der Waals surface area contributed by atoms with E-state index in [0.717, 1.165) is 6.42 Å². The minimum absolute atomic E-state index is 0. The van der Waals surface area contributed by atoms with Crippen molar-refractivity contribution in [2.75, 3.05) is 0 Å². The molecule has 0 nitrogen and oxygen atoms in total. The van der Waals surface area contributed by atoms with Crippen molar-refractivity contribution in [2.45, 2.75) is 26.7 Å². The molecule has 5 aromatic rings. The molecule has 0 aromatic heterocycles. The van der Waals surface area contributed by atoms with Gasteiger partial charge in [0.1, 0.15) is 0 Å². The molecule has 0 fully saturated rings. The number of hydrogen-bond acceptors (Lipinski definition) is 0. The third-order valence-corrected chi connectivity index (χ3v) is 7.79. The van der Waals surface area contributed by atoms with Gasteiger partial charge < -0.3 is 24.8 Å². The molecule has 1 unspecified atom stereocenters. The van der Waals surface area contributed by atoms with Crippen molar-refractivity contribution in [1.82, 2.24) is 0 Å². The summed E-state index contributed by atoms with van der Waals surface area (Å²) in [5.74, 6) is 0.611. The van der Waals surface area contributed by atoms with E-state index in [1.807, 2.05) is 0 Å². The molecular weight excluding hydrogens is 583 g/mol. The van der Waals surface area contributed by atoms with Gasteiger partial charge in [-0.1, -0.05) is 69.0 Å². The van der Waals surface area contributed by atoms with Crippen LogP contribution in [-0.4, -0.2) is 3.21 Å². The maximum Gasteiger partial charge on any atom is -0.0771 e. The number of halogens is 2. The Morgan fingerprint density at radius 2 is 1.13 bits per heavy atom. The maximum atomic E-state index is 3.40. The molecule has 3 heteroatoms. The van der Waals surface area contributed by atoms with Crippen LogP contribution in [0, 0.1) is 12.0 Å². The molecule has 0 spiro atoms. The van der Waals surface area contributed by atoms with Gasteiger partial charge in [0.2, 0.25) is 0 Å². The summed E-state index contributed by atoms with van der Waals surface area (Å²) >= 11 is 1.46. The SMILES string of the molecule is CCC1=[C-]C(CC)C=C1.[Cl-].[Cl-].[Zr+2]=[C](c1ccccc1)c1ccccc1.c1ccc2c(c1)[cH-]c1ccccc12. The Hall–Kier alpha value is -2.44. The maximum absolute atomic E-state index is 3.40. The molecule has 1 aliphatic rings. The molecule has 0 saturated carbocycles. The van der Waals surface area contributed by atoms with E-state index in [0.29, 0.717) is 5.92 Å². The number of benzene rings is 4. The fourth-order valence-electron chi connectivity index (χ4n) is 4.30. The second-order valence-electron chi connectivity index (χ2n) is 8.82. The monoisotopic (exact) mass is 612 g/mol. The zero-order chi connectivity index (χ0) is 25.2.